The topological polar surface area (TPSA) is 17.1 Å². The van der Waals surface area contributed by atoms with Gasteiger partial charge in [0, 0.05) is 0 Å². The molecule has 0 aromatic heterocycles. The van der Waals surface area contributed by atoms with Crippen molar-refractivity contribution in [1.82, 2.24) is 0 Å². The molecule has 0 atom stereocenters. The Balaban J connectivity index is 0. The van der Waals surface area contributed by atoms with Crippen molar-refractivity contribution in [3.05, 3.63) is 0 Å². The third-order valence-corrected chi connectivity index (χ3v) is 0.164. The Bertz CT molecular complexity index is 23.6. The average Bonchev–Trinajstić information content (AvgIpc) is 1.37. The van der Waals surface area contributed by atoms with E-state index >= 15 is 0 Å². The molecule has 5 heavy (non-hydrogen) atoms. The van der Waals surface area contributed by atoms with Gasteiger partial charge in [0.1, 0.15) is 0 Å². The smallest absolute Gasteiger partial charge is 0.541 e. The Kier molecular flexibility index (Phi) is 16.8. The van der Waals surface area contributed by atoms with E-state index in [-0.39, 0.29) is 38.6 Å². The molecule has 0 heterocycles. The van der Waals surface area contributed by atoms with Crippen LogP contribution in [0.5, 0.6) is 0 Å². The van der Waals surface area contributed by atoms with Crippen LogP contribution in [0.4, 0.5) is 0 Å². The van der Waals surface area contributed by atoms with Crippen molar-refractivity contribution in [3.8, 4) is 0 Å². The fraction of sp³-hybridized carbons (Fsp3) is 0.500. The van der Waals surface area contributed by atoms with Gasteiger partial charge in [-0.15, -0.1) is 0 Å². The van der Waals surface area contributed by atoms with Gasteiger partial charge in [-0.2, -0.15) is 11.6 Å². The number of carbonyl (C=O) groups excluding carboxylic acids is 1. The van der Waals surface area contributed by atoms with E-state index in [1.807, 2.05) is 0 Å². The molecule has 0 unspecified atom stereocenters. The summed E-state index contributed by atoms with van der Waals surface area (Å²) >= 11 is 4.76. The molecule has 0 saturated heterocycles. The molecule has 1 nitrogen and oxygen atoms in total. The van der Waals surface area contributed by atoms with Crippen LogP contribution in [-0.2, 0) is 37.5 Å². The normalized spacial score (nSPS) is 5.00. The number of alkyl halides is 1. The molecule has 0 fully saturated rings. The van der Waals surface area contributed by atoms with Crippen LogP contribution >= 0.6 is 11.6 Å². The fourth-order valence-corrected chi connectivity index (χ4v) is 0. The summed E-state index contributed by atoms with van der Waals surface area (Å²) < 4.78 is 0. The van der Waals surface area contributed by atoms with Crippen LogP contribution in [-0.4, -0.2) is 12.2 Å². The van der Waals surface area contributed by atoms with E-state index in [4.69, 9.17) is 16.4 Å². The maximum absolute atomic E-state index is 8.92. The monoisotopic (exact) mass is 166 g/mol. The van der Waals surface area contributed by atoms with Crippen LogP contribution in [0, 0.1) is 0 Å². The first kappa shape index (κ1) is 9.42. The zero-order valence-corrected chi connectivity index (χ0v) is 6.16. The Labute approximate surface area is 61.0 Å². The molecule has 0 aliphatic carbocycles. The SMILES string of the molecule is O=[C-]CCl.[Y+3]. The quantitative estimate of drug-likeness (QED) is 0.405. The molecule has 0 aromatic carbocycles. The molecule has 0 saturated carbocycles. The van der Waals surface area contributed by atoms with Gasteiger partial charge in [0.05, 0.1) is 0 Å². The number of rotatable bonds is 1. The van der Waals surface area contributed by atoms with Gasteiger partial charge in [-0.05, 0) is 0 Å². The molecule has 0 rings (SSSR count). The molecule has 0 amide bonds. The molecule has 0 aliphatic rings. The first-order valence-electron chi connectivity index (χ1n) is 0.825. The van der Waals surface area contributed by atoms with Crippen molar-refractivity contribution < 1.29 is 37.5 Å². The van der Waals surface area contributed by atoms with Crippen LogP contribution in [0.1, 0.15) is 0 Å². The van der Waals surface area contributed by atoms with Crippen LogP contribution in [0.2, 0.25) is 0 Å². The molecular weight excluding hydrogens is 164 g/mol. The van der Waals surface area contributed by atoms with Crippen molar-refractivity contribution >= 4 is 17.9 Å². The minimum absolute atomic E-state index is 0. The molecule has 0 aliphatic heterocycles. The van der Waals surface area contributed by atoms with E-state index < -0.39 is 0 Å². The number of halogens is 1. The standard InChI is InChI=1S/C2H2ClO.Y/c3-1-2-4;/h1H2;/q-1;+3. The van der Waals surface area contributed by atoms with E-state index in [1.165, 1.54) is 6.29 Å². The van der Waals surface area contributed by atoms with Crippen LogP contribution in [0.25, 0.3) is 0 Å². The van der Waals surface area contributed by atoms with Crippen LogP contribution in [0.15, 0.2) is 0 Å². The third kappa shape index (κ3) is 11.2. The third-order valence-electron chi connectivity index (χ3n) is 0.0546. The molecule has 0 bridgehead atoms. The first-order valence-corrected chi connectivity index (χ1v) is 1.36. The molecule has 3 heteroatoms. The molecule has 0 aromatic rings. The Morgan fingerprint density at radius 3 is 2.00 bits per heavy atom. The second-order valence-corrected chi connectivity index (χ2v) is 0.545. The summed E-state index contributed by atoms with van der Waals surface area (Å²) in [7, 11) is 0. The molecule has 0 spiro atoms. The Hall–Kier alpha value is 1.06. The predicted molar refractivity (Wildman–Crippen MR) is 16.4 cm³/mol. The molecule has 0 N–H and O–H groups in total. The minimum atomic E-state index is -0.0139. The largest absolute Gasteiger partial charge is 3.00 e. The summed E-state index contributed by atoms with van der Waals surface area (Å²) in [5, 5.41) is 0. The number of hydrogen-bond acceptors (Lipinski definition) is 1. The van der Waals surface area contributed by atoms with E-state index in [9.17, 15) is 0 Å². The molecule has 0 radical (unpaired) electrons. The van der Waals surface area contributed by atoms with Crippen molar-refractivity contribution in [2.45, 2.75) is 0 Å². The summed E-state index contributed by atoms with van der Waals surface area (Å²) in [5.41, 5.74) is 0. The second kappa shape index (κ2) is 8.91. The predicted octanol–water partition coefficient (Wildman–Crippen LogP) is 0.332. The minimum Gasteiger partial charge on any atom is -0.541 e. The summed E-state index contributed by atoms with van der Waals surface area (Å²) in [6.07, 6.45) is 1.45. The van der Waals surface area contributed by atoms with Gasteiger partial charge in [0.2, 0.25) is 0 Å². The zero-order valence-electron chi connectivity index (χ0n) is 2.57. The van der Waals surface area contributed by atoms with Gasteiger partial charge in [-0.3, -0.25) is 0 Å². The van der Waals surface area contributed by atoms with Gasteiger partial charge in [0.15, 0.2) is 0 Å². The summed E-state index contributed by atoms with van der Waals surface area (Å²) in [5.74, 6) is -0.0139. The van der Waals surface area contributed by atoms with Crippen molar-refractivity contribution in [3.63, 3.8) is 0 Å². The summed E-state index contributed by atoms with van der Waals surface area (Å²) in [6, 6.07) is 0. The Morgan fingerprint density at radius 2 is 2.00 bits per heavy atom. The average molecular weight is 166 g/mol. The van der Waals surface area contributed by atoms with Crippen LogP contribution < -0.4 is 0 Å². The van der Waals surface area contributed by atoms with Gasteiger partial charge in [-0.1, -0.05) is 5.88 Å². The first-order chi connectivity index (χ1) is 1.91. The second-order valence-electron chi connectivity index (χ2n) is 0.278. The van der Waals surface area contributed by atoms with Gasteiger partial charge < -0.3 is 4.79 Å². The summed E-state index contributed by atoms with van der Waals surface area (Å²) in [6.45, 7) is 0. The van der Waals surface area contributed by atoms with E-state index in [1.54, 1.807) is 0 Å². The zero-order chi connectivity index (χ0) is 3.41. The maximum atomic E-state index is 8.92. The summed E-state index contributed by atoms with van der Waals surface area (Å²) in [4.78, 5) is 8.92. The number of hydrogen-bond donors (Lipinski definition) is 0. The van der Waals surface area contributed by atoms with E-state index in [2.05, 4.69) is 0 Å². The van der Waals surface area contributed by atoms with E-state index in [0.29, 0.717) is 0 Å². The molecule has 24 valence electrons. The van der Waals surface area contributed by atoms with Crippen molar-refractivity contribution in [2.24, 2.45) is 0 Å². The maximum Gasteiger partial charge on any atom is 3.00 e. The van der Waals surface area contributed by atoms with Gasteiger partial charge in [-0.25, -0.2) is 6.29 Å². The van der Waals surface area contributed by atoms with Gasteiger partial charge >= 0.3 is 32.7 Å². The van der Waals surface area contributed by atoms with Crippen molar-refractivity contribution in [1.29, 1.82) is 0 Å². The fourth-order valence-electron chi connectivity index (χ4n) is 0. The molecular formula is C2H2ClOY+2. The Morgan fingerprint density at radius 1 is 1.80 bits per heavy atom. The van der Waals surface area contributed by atoms with Gasteiger partial charge in [0.25, 0.3) is 0 Å². The van der Waals surface area contributed by atoms with Crippen molar-refractivity contribution in [2.75, 3.05) is 5.88 Å². The van der Waals surface area contributed by atoms with Crippen LogP contribution in [0.3, 0.4) is 0 Å². The van der Waals surface area contributed by atoms with E-state index in [0.717, 1.165) is 0 Å².